The Kier molecular flexibility index (Phi) is 4.04. The van der Waals surface area contributed by atoms with Crippen LogP contribution in [0.1, 0.15) is 5.56 Å². The summed E-state index contributed by atoms with van der Waals surface area (Å²) in [6.07, 6.45) is 3.21. The summed E-state index contributed by atoms with van der Waals surface area (Å²) in [5.74, 6) is 0. The molecule has 110 valence electrons. The Balaban J connectivity index is 1.85. The molecule has 1 heterocycles. The van der Waals surface area contributed by atoms with Crippen LogP contribution < -0.4 is 5.32 Å². The van der Waals surface area contributed by atoms with Crippen LogP contribution >= 0.6 is 0 Å². The number of fused-ring (bicyclic) bond motifs is 1. The lowest BCUT2D eigenvalue weighted by molar-refractivity contribution is 0.712. The quantitative estimate of drug-likeness (QED) is 0.749. The first kappa shape index (κ1) is 14.4. The van der Waals surface area contributed by atoms with E-state index in [4.69, 9.17) is 10.5 Å². The standard InChI is InChI=1S/C18H13N5/c19-9-15(10-20)11-21-17-6-7-18-16(8-17)12-22-23(18)13-14-4-2-1-3-5-14/h1-8,11-12,21H,13H2. The molecule has 0 spiro atoms. The lowest BCUT2D eigenvalue weighted by Crippen LogP contribution is -2.01. The van der Waals surface area contributed by atoms with E-state index in [1.165, 1.54) is 11.8 Å². The summed E-state index contributed by atoms with van der Waals surface area (Å²) in [5.41, 5.74) is 3.06. The van der Waals surface area contributed by atoms with Gasteiger partial charge in [-0.25, -0.2) is 0 Å². The second-order valence-corrected chi connectivity index (χ2v) is 4.99. The fourth-order valence-corrected chi connectivity index (χ4v) is 2.30. The molecule has 0 unspecified atom stereocenters. The largest absolute Gasteiger partial charge is 0.360 e. The zero-order valence-electron chi connectivity index (χ0n) is 12.3. The van der Waals surface area contributed by atoms with Crippen LogP contribution in [0, 0.1) is 22.7 Å². The van der Waals surface area contributed by atoms with E-state index < -0.39 is 0 Å². The molecule has 0 saturated heterocycles. The summed E-state index contributed by atoms with van der Waals surface area (Å²) in [6, 6.07) is 19.6. The van der Waals surface area contributed by atoms with Crippen molar-refractivity contribution in [3.63, 3.8) is 0 Å². The first-order valence-electron chi connectivity index (χ1n) is 7.06. The van der Waals surface area contributed by atoms with Gasteiger partial charge >= 0.3 is 0 Å². The molecule has 0 amide bonds. The van der Waals surface area contributed by atoms with Crippen molar-refractivity contribution >= 4 is 16.6 Å². The molecule has 0 radical (unpaired) electrons. The molecule has 5 heteroatoms. The van der Waals surface area contributed by atoms with Crippen molar-refractivity contribution in [1.29, 1.82) is 10.5 Å². The zero-order valence-corrected chi connectivity index (χ0v) is 12.3. The van der Waals surface area contributed by atoms with E-state index in [1.54, 1.807) is 0 Å². The summed E-state index contributed by atoms with van der Waals surface area (Å²) < 4.78 is 1.94. The van der Waals surface area contributed by atoms with Gasteiger partial charge < -0.3 is 5.32 Å². The number of aromatic nitrogens is 2. The van der Waals surface area contributed by atoms with Gasteiger partial charge in [0.05, 0.1) is 18.3 Å². The number of hydrogen-bond donors (Lipinski definition) is 1. The Hall–Kier alpha value is -3.57. The third-order valence-corrected chi connectivity index (χ3v) is 3.44. The molecule has 2 aromatic carbocycles. The molecular weight excluding hydrogens is 286 g/mol. The van der Waals surface area contributed by atoms with Gasteiger partial charge in [0.25, 0.3) is 0 Å². The predicted octanol–water partition coefficient (Wildman–Crippen LogP) is 3.43. The monoisotopic (exact) mass is 299 g/mol. The van der Waals surface area contributed by atoms with Crippen LogP contribution in [-0.4, -0.2) is 9.78 Å². The number of anilines is 1. The van der Waals surface area contributed by atoms with Gasteiger partial charge in [-0.15, -0.1) is 0 Å². The van der Waals surface area contributed by atoms with E-state index in [1.807, 2.05) is 59.4 Å². The highest BCUT2D eigenvalue weighted by Gasteiger charge is 2.04. The average molecular weight is 299 g/mol. The van der Waals surface area contributed by atoms with Crippen LogP contribution in [0.2, 0.25) is 0 Å². The van der Waals surface area contributed by atoms with E-state index in [-0.39, 0.29) is 5.57 Å². The third-order valence-electron chi connectivity index (χ3n) is 3.44. The Morgan fingerprint density at radius 1 is 1.13 bits per heavy atom. The zero-order chi connectivity index (χ0) is 16.1. The minimum Gasteiger partial charge on any atom is -0.360 e. The maximum Gasteiger partial charge on any atom is 0.145 e. The van der Waals surface area contributed by atoms with Crippen molar-refractivity contribution in [1.82, 2.24) is 9.78 Å². The highest BCUT2D eigenvalue weighted by molar-refractivity contribution is 5.82. The Bertz CT molecular complexity index is 923. The minimum atomic E-state index is 0.0323. The second-order valence-electron chi connectivity index (χ2n) is 4.99. The van der Waals surface area contributed by atoms with Crippen molar-refractivity contribution in [2.24, 2.45) is 0 Å². The van der Waals surface area contributed by atoms with Crippen molar-refractivity contribution in [2.75, 3.05) is 5.32 Å². The van der Waals surface area contributed by atoms with Gasteiger partial charge in [-0.2, -0.15) is 15.6 Å². The van der Waals surface area contributed by atoms with Gasteiger partial charge in [-0.05, 0) is 23.8 Å². The van der Waals surface area contributed by atoms with Gasteiger partial charge in [0.15, 0.2) is 0 Å². The van der Waals surface area contributed by atoms with Crippen LogP contribution in [0.5, 0.6) is 0 Å². The van der Waals surface area contributed by atoms with Crippen molar-refractivity contribution in [3.8, 4) is 12.1 Å². The number of benzene rings is 2. The lowest BCUT2D eigenvalue weighted by Gasteiger charge is -2.05. The van der Waals surface area contributed by atoms with Gasteiger partial charge in [0.2, 0.25) is 0 Å². The highest BCUT2D eigenvalue weighted by Crippen LogP contribution is 2.20. The fourth-order valence-electron chi connectivity index (χ4n) is 2.30. The normalized spacial score (nSPS) is 9.83. The lowest BCUT2D eigenvalue weighted by atomic mass is 10.2. The van der Waals surface area contributed by atoms with E-state index in [0.29, 0.717) is 6.54 Å². The predicted molar refractivity (Wildman–Crippen MR) is 88.2 cm³/mol. The van der Waals surface area contributed by atoms with Crippen LogP contribution in [0.4, 0.5) is 5.69 Å². The van der Waals surface area contributed by atoms with Crippen LogP contribution in [0.15, 0.2) is 66.5 Å². The first-order chi connectivity index (χ1) is 11.3. The van der Waals surface area contributed by atoms with Gasteiger partial charge in [0.1, 0.15) is 17.7 Å². The summed E-state index contributed by atoms with van der Waals surface area (Å²) in [5, 5.41) is 25.8. The molecule has 0 aliphatic heterocycles. The molecule has 0 aliphatic rings. The number of hydrogen-bond acceptors (Lipinski definition) is 4. The molecular formula is C18H13N5. The minimum absolute atomic E-state index is 0.0323. The summed E-state index contributed by atoms with van der Waals surface area (Å²) in [4.78, 5) is 0. The molecule has 3 aromatic rings. The van der Waals surface area contributed by atoms with E-state index in [0.717, 1.165) is 16.6 Å². The molecule has 3 rings (SSSR count). The molecule has 0 saturated carbocycles. The van der Waals surface area contributed by atoms with Crippen molar-refractivity contribution in [3.05, 3.63) is 72.1 Å². The molecule has 0 aliphatic carbocycles. The Labute approximate surface area is 133 Å². The van der Waals surface area contributed by atoms with Crippen LogP contribution in [0.25, 0.3) is 10.9 Å². The number of allylic oxidation sites excluding steroid dienone is 1. The Morgan fingerprint density at radius 3 is 2.65 bits per heavy atom. The topological polar surface area (TPSA) is 77.4 Å². The van der Waals surface area contributed by atoms with Crippen molar-refractivity contribution in [2.45, 2.75) is 6.54 Å². The maximum atomic E-state index is 8.73. The first-order valence-corrected chi connectivity index (χ1v) is 7.06. The molecule has 0 atom stereocenters. The molecule has 23 heavy (non-hydrogen) atoms. The summed E-state index contributed by atoms with van der Waals surface area (Å²) in [7, 11) is 0. The van der Waals surface area contributed by atoms with E-state index >= 15 is 0 Å². The summed E-state index contributed by atoms with van der Waals surface area (Å²) >= 11 is 0. The van der Waals surface area contributed by atoms with Gasteiger partial charge in [-0.1, -0.05) is 30.3 Å². The molecule has 1 N–H and O–H groups in total. The van der Waals surface area contributed by atoms with Gasteiger partial charge in [0, 0.05) is 17.3 Å². The molecule has 5 nitrogen and oxygen atoms in total. The Morgan fingerprint density at radius 2 is 1.91 bits per heavy atom. The van der Waals surface area contributed by atoms with E-state index in [9.17, 15) is 0 Å². The number of nitriles is 2. The number of nitrogens with zero attached hydrogens (tertiary/aromatic N) is 4. The second kappa shape index (κ2) is 6.46. The number of nitrogens with one attached hydrogen (secondary N) is 1. The van der Waals surface area contributed by atoms with E-state index in [2.05, 4.69) is 22.5 Å². The number of rotatable bonds is 4. The average Bonchev–Trinajstić information content (AvgIpc) is 2.99. The fraction of sp³-hybridized carbons (Fsp3) is 0.0556. The third kappa shape index (κ3) is 3.20. The maximum absolute atomic E-state index is 8.73. The van der Waals surface area contributed by atoms with Crippen LogP contribution in [0.3, 0.4) is 0 Å². The molecule has 1 aromatic heterocycles. The SMILES string of the molecule is N#CC(C#N)=CNc1ccc2c(cnn2Cc2ccccc2)c1. The van der Waals surface area contributed by atoms with Gasteiger partial charge in [-0.3, -0.25) is 4.68 Å². The highest BCUT2D eigenvalue weighted by atomic mass is 15.3. The summed E-state index contributed by atoms with van der Waals surface area (Å²) in [6.45, 7) is 0.712. The smallest absolute Gasteiger partial charge is 0.145 e. The van der Waals surface area contributed by atoms with Crippen LogP contribution in [-0.2, 0) is 6.54 Å². The molecule has 0 fully saturated rings. The molecule has 0 bridgehead atoms. The van der Waals surface area contributed by atoms with Crippen molar-refractivity contribution < 1.29 is 0 Å².